The molecule has 0 fully saturated rings. The Balaban J connectivity index is 1.96. The van der Waals surface area contributed by atoms with Gasteiger partial charge in [0.2, 0.25) is 5.95 Å². The minimum Gasteiger partial charge on any atom is -0.351 e. The van der Waals surface area contributed by atoms with E-state index in [9.17, 15) is 13.2 Å². The van der Waals surface area contributed by atoms with Gasteiger partial charge in [-0.2, -0.15) is 18.2 Å². The molecule has 128 valence electrons. The summed E-state index contributed by atoms with van der Waals surface area (Å²) in [6.07, 6.45) is -2.95. The van der Waals surface area contributed by atoms with E-state index in [1.54, 1.807) is 0 Å². The summed E-state index contributed by atoms with van der Waals surface area (Å²) in [6, 6.07) is 1.17. The molecule has 2 aromatic heterocycles. The van der Waals surface area contributed by atoms with Crippen molar-refractivity contribution < 1.29 is 13.2 Å². The molecule has 0 aromatic carbocycles. The number of anilines is 2. The molecule has 1 aliphatic heterocycles. The minimum atomic E-state index is -4.40. The van der Waals surface area contributed by atoms with Gasteiger partial charge in [-0.1, -0.05) is 0 Å². The number of hydrogen-bond acceptors (Lipinski definition) is 6. The van der Waals surface area contributed by atoms with E-state index in [2.05, 4.69) is 20.4 Å². The first-order valence-corrected chi connectivity index (χ1v) is 7.41. The molecule has 0 saturated heterocycles. The molecule has 0 radical (unpaired) electrons. The molecule has 0 bridgehead atoms. The van der Waals surface area contributed by atoms with Crippen LogP contribution in [0.2, 0.25) is 0 Å². The quantitative estimate of drug-likeness (QED) is 0.646. The molecule has 0 atom stereocenters. The molecule has 9 heteroatoms. The molecule has 3 N–H and O–H groups in total. The third-order valence-corrected chi connectivity index (χ3v) is 4.16. The van der Waals surface area contributed by atoms with E-state index in [0.717, 1.165) is 17.5 Å². The van der Waals surface area contributed by atoms with Crippen molar-refractivity contribution in [3.05, 3.63) is 40.3 Å². The highest BCUT2D eigenvalue weighted by Crippen LogP contribution is 2.32. The van der Waals surface area contributed by atoms with E-state index in [1.165, 1.54) is 6.07 Å². The van der Waals surface area contributed by atoms with Crippen LogP contribution in [0, 0.1) is 13.8 Å². The molecular formula is C15H17F3N6. The van der Waals surface area contributed by atoms with Crippen molar-refractivity contribution in [3.63, 3.8) is 0 Å². The minimum absolute atomic E-state index is 0.279. The standard InChI is InChI=1S/C15H17F3N6/c1-8-9(2)21-14(23-19)22-13(8)24-4-3-12-10(7-24)5-11(6-20-12)15(16,17)18/h5-6H,3-4,7,19H2,1-2H3,(H,21,22,23). The fraction of sp³-hybridized carbons (Fsp3) is 0.400. The summed E-state index contributed by atoms with van der Waals surface area (Å²) in [5.74, 6) is 6.33. The predicted octanol–water partition coefficient (Wildman–Crippen LogP) is 2.36. The number of hydrogen-bond donors (Lipinski definition) is 2. The topological polar surface area (TPSA) is 80.0 Å². The second-order valence-corrected chi connectivity index (χ2v) is 5.72. The number of rotatable bonds is 2. The first kappa shape index (κ1) is 16.4. The van der Waals surface area contributed by atoms with E-state index in [4.69, 9.17) is 5.84 Å². The Morgan fingerprint density at radius 2 is 2.00 bits per heavy atom. The predicted molar refractivity (Wildman–Crippen MR) is 83.3 cm³/mol. The number of halogens is 3. The average molecular weight is 338 g/mol. The summed E-state index contributed by atoms with van der Waals surface area (Å²) in [5, 5.41) is 0. The lowest BCUT2D eigenvalue weighted by Gasteiger charge is -2.31. The summed E-state index contributed by atoms with van der Waals surface area (Å²) in [4.78, 5) is 14.5. The number of fused-ring (bicyclic) bond motifs is 1. The Morgan fingerprint density at radius 3 is 2.67 bits per heavy atom. The second kappa shape index (κ2) is 5.90. The van der Waals surface area contributed by atoms with Crippen LogP contribution in [-0.4, -0.2) is 21.5 Å². The van der Waals surface area contributed by atoms with E-state index in [0.29, 0.717) is 36.6 Å². The van der Waals surface area contributed by atoms with Crippen LogP contribution in [0.4, 0.5) is 24.9 Å². The van der Waals surface area contributed by atoms with Crippen molar-refractivity contribution in [1.82, 2.24) is 15.0 Å². The molecule has 3 rings (SSSR count). The fourth-order valence-corrected chi connectivity index (χ4v) is 2.75. The van der Waals surface area contributed by atoms with Crippen LogP contribution in [0.5, 0.6) is 0 Å². The highest BCUT2D eigenvalue weighted by atomic mass is 19.4. The monoisotopic (exact) mass is 338 g/mol. The summed E-state index contributed by atoms with van der Waals surface area (Å²) < 4.78 is 38.7. The van der Waals surface area contributed by atoms with Crippen LogP contribution in [-0.2, 0) is 19.1 Å². The van der Waals surface area contributed by atoms with Gasteiger partial charge in [0.25, 0.3) is 0 Å². The third-order valence-electron chi connectivity index (χ3n) is 4.16. The van der Waals surface area contributed by atoms with Gasteiger partial charge < -0.3 is 4.90 Å². The van der Waals surface area contributed by atoms with Gasteiger partial charge in [0, 0.05) is 42.7 Å². The number of aryl methyl sites for hydroxylation is 1. The number of alkyl halides is 3. The molecule has 0 amide bonds. The van der Waals surface area contributed by atoms with Crippen LogP contribution in [0.15, 0.2) is 12.3 Å². The van der Waals surface area contributed by atoms with Crippen molar-refractivity contribution in [1.29, 1.82) is 0 Å². The normalized spacial score (nSPS) is 14.5. The van der Waals surface area contributed by atoms with E-state index >= 15 is 0 Å². The van der Waals surface area contributed by atoms with E-state index in [-0.39, 0.29) is 5.95 Å². The van der Waals surface area contributed by atoms with E-state index < -0.39 is 11.7 Å². The zero-order chi connectivity index (χ0) is 17.5. The number of nitrogen functional groups attached to an aromatic ring is 1. The smallest absolute Gasteiger partial charge is 0.351 e. The molecule has 0 saturated carbocycles. The maximum atomic E-state index is 12.9. The number of nitrogens with one attached hydrogen (secondary N) is 1. The van der Waals surface area contributed by atoms with Crippen LogP contribution in [0.1, 0.15) is 28.1 Å². The molecule has 24 heavy (non-hydrogen) atoms. The summed E-state index contributed by atoms with van der Waals surface area (Å²) in [6.45, 7) is 4.65. The van der Waals surface area contributed by atoms with Gasteiger partial charge >= 0.3 is 6.18 Å². The zero-order valence-electron chi connectivity index (χ0n) is 13.3. The number of nitrogens with two attached hydrogens (primary N) is 1. The molecule has 3 heterocycles. The Labute approximate surface area is 136 Å². The highest BCUT2D eigenvalue weighted by Gasteiger charge is 2.32. The van der Waals surface area contributed by atoms with Crippen molar-refractivity contribution in [3.8, 4) is 0 Å². The van der Waals surface area contributed by atoms with Gasteiger partial charge in [-0.25, -0.2) is 10.8 Å². The number of nitrogens with zero attached hydrogens (tertiary/aromatic N) is 4. The SMILES string of the molecule is Cc1nc(NN)nc(N2CCc3ncc(C(F)(F)F)cc3C2)c1C. The summed E-state index contributed by atoms with van der Waals surface area (Å²) in [5.41, 5.74) is 4.57. The van der Waals surface area contributed by atoms with Crippen LogP contribution in [0.25, 0.3) is 0 Å². The van der Waals surface area contributed by atoms with Gasteiger partial charge in [0.05, 0.1) is 5.56 Å². The summed E-state index contributed by atoms with van der Waals surface area (Å²) in [7, 11) is 0. The van der Waals surface area contributed by atoms with Crippen LogP contribution >= 0.6 is 0 Å². The largest absolute Gasteiger partial charge is 0.417 e. The lowest BCUT2D eigenvalue weighted by Crippen LogP contribution is -2.33. The Hall–Kier alpha value is -2.42. The maximum absolute atomic E-state index is 12.9. The Kier molecular flexibility index (Phi) is 4.04. The number of aromatic nitrogens is 3. The number of pyridine rings is 1. The Morgan fingerprint density at radius 1 is 1.25 bits per heavy atom. The second-order valence-electron chi connectivity index (χ2n) is 5.72. The van der Waals surface area contributed by atoms with Crippen LogP contribution < -0.4 is 16.2 Å². The number of hydrazine groups is 1. The third kappa shape index (κ3) is 2.99. The molecule has 0 spiro atoms. The van der Waals surface area contributed by atoms with Gasteiger partial charge in [0.1, 0.15) is 5.82 Å². The van der Waals surface area contributed by atoms with Crippen molar-refractivity contribution in [2.24, 2.45) is 5.84 Å². The lowest BCUT2D eigenvalue weighted by atomic mass is 10.0. The fourth-order valence-electron chi connectivity index (χ4n) is 2.75. The van der Waals surface area contributed by atoms with Crippen LogP contribution in [0.3, 0.4) is 0 Å². The molecule has 2 aromatic rings. The first-order chi connectivity index (χ1) is 11.3. The Bertz CT molecular complexity index is 775. The highest BCUT2D eigenvalue weighted by molar-refractivity contribution is 5.53. The first-order valence-electron chi connectivity index (χ1n) is 7.41. The van der Waals surface area contributed by atoms with Crippen molar-refractivity contribution in [2.75, 3.05) is 16.9 Å². The maximum Gasteiger partial charge on any atom is 0.417 e. The van der Waals surface area contributed by atoms with E-state index in [1.807, 2.05) is 18.7 Å². The summed E-state index contributed by atoms with van der Waals surface area (Å²) >= 11 is 0. The van der Waals surface area contributed by atoms with Crippen molar-refractivity contribution >= 4 is 11.8 Å². The van der Waals surface area contributed by atoms with Gasteiger partial charge in [-0.15, -0.1) is 0 Å². The molecule has 6 nitrogen and oxygen atoms in total. The van der Waals surface area contributed by atoms with Gasteiger partial charge in [-0.3, -0.25) is 10.4 Å². The zero-order valence-corrected chi connectivity index (χ0v) is 13.3. The lowest BCUT2D eigenvalue weighted by molar-refractivity contribution is -0.137. The molecular weight excluding hydrogens is 321 g/mol. The van der Waals surface area contributed by atoms with Crippen molar-refractivity contribution in [2.45, 2.75) is 33.0 Å². The van der Waals surface area contributed by atoms with Gasteiger partial charge in [-0.05, 0) is 25.5 Å². The average Bonchev–Trinajstić information content (AvgIpc) is 2.55. The molecule has 0 unspecified atom stereocenters. The van der Waals surface area contributed by atoms with Gasteiger partial charge in [0.15, 0.2) is 0 Å². The molecule has 0 aliphatic carbocycles. The molecule has 1 aliphatic rings.